The minimum Gasteiger partial charge on any atom is -0.480 e. The standard InChI is InChI=1S/C6H9N3O2.2C6H4N2O4/c7-5(6(10)11)1-4-2-8-3-9-4;2*9-7(10)5-2-1-3-6(4-5)8(11)12/h2-3,5H,1,7H2,(H,8,9)(H,10,11);2*1-4H. The van der Waals surface area contributed by atoms with Gasteiger partial charge in [-0.25, -0.2) is 4.98 Å². The van der Waals surface area contributed by atoms with E-state index < -0.39 is 31.7 Å². The highest BCUT2D eigenvalue weighted by Crippen LogP contribution is 2.19. The molecular formula is C18H17N7O10. The van der Waals surface area contributed by atoms with Gasteiger partial charge in [-0.05, 0) is 12.1 Å². The Morgan fingerprint density at radius 2 is 1.23 bits per heavy atom. The second-order valence-corrected chi connectivity index (χ2v) is 6.28. The summed E-state index contributed by atoms with van der Waals surface area (Å²) in [6.45, 7) is 0. The fraction of sp³-hybridized carbons (Fsp3) is 0.111. The van der Waals surface area contributed by atoms with E-state index >= 15 is 0 Å². The molecule has 4 N–H and O–H groups in total. The quantitative estimate of drug-likeness (QED) is 0.317. The number of benzene rings is 2. The number of aliphatic carboxylic acids is 1. The van der Waals surface area contributed by atoms with Crippen molar-refractivity contribution in [2.75, 3.05) is 0 Å². The minimum absolute atomic E-state index is 0.263. The molecule has 0 spiro atoms. The van der Waals surface area contributed by atoms with Crippen LogP contribution in [0.1, 0.15) is 5.69 Å². The van der Waals surface area contributed by atoms with Crippen LogP contribution in [0.4, 0.5) is 22.7 Å². The lowest BCUT2D eigenvalue weighted by molar-refractivity contribution is -0.394. The first-order valence-electron chi connectivity index (χ1n) is 9.16. The van der Waals surface area contributed by atoms with Gasteiger partial charge < -0.3 is 15.8 Å². The Morgan fingerprint density at radius 1 is 0.857 bits per heavy atom. The van der Waals surface area contributed by atoms with Gasteiger partial charge >= 0.3 is 5.97 Å². The molecule has 1 aromatic heterocycles. The highest BCUT2D eigenvalue weighted by atomic mass is 16.6. The Morgan fingerprint density at radius 3 is 1.49 bits per heavy atom. The molecule has 1 unspecified atom stereocenters. The Balaban J connectivity index is 0.000000263. The van der Waals surface area contributed by atoms with Crippen molar-refractivity contribution in [1.29, 1.82) is 0 Å². The van der Waals surface area contributed by atoms with Gasteiger partial charge in [0, 0.05) is 36.9 Å². The molecule has 35 heavy (non-hydrogen) atoms. The van der Waals surface area contributed by atoms with Crippen molar-refractivity contribution in [2.45, 2.75) is 12.5 Å². The number of nitrogens with one attached hydrogen (secondary N) is 1. The molecule has 0 aliphatic heterocycles. The maximum atomic E-state index is 10.3. The highest BCUT2D eigenvalue weighted by molar-refractivity contribution is 5.73. The van der Waals surface area contributed by atoms with Crippen LogP contribution >= 0.6 is 0 Å². The Bertz CT molecular complexity index is 1070. The van der Waals surface area contributed by atoms with Crippen molar-refractivity contribution in [3.05, 3.63) is 107 Å². The van der Waals surface area contributed by atoms with E-state index in [1.807, 2.05) is 0 Å². The smallest absolute Gasteiger partial charge is 0.320 e. The number of nitrogens with two attached hydrogens (primary N) is 1. The number of hydrogen-bond donors (Lipinski definition) is 3. The normalized spacial score (nSPS) is 10.4. The third-order valence-electron chi connectivity index (χ3n) is 3.80. The van der Waals surface area contributed by atoms with E-state index in [9.17, 15) is 45.3 Å². The zero-order chi connectivity index (χ0) is 26.5. The van der Waals surface area contributed by atoms with Gasteiger partial charge in [0.05, 0.1) is 43.8 Å². The lowest BCUT2D eigenvalue weighted by Crippen LogP contribution is -2.32. The molecule has 0 saturated carbocycles. The van der Waals surface area contributed by atoms with E-state index in [1.165, 1.54) is 42.7 Å². The molecule has 0 bridgehead atoms. The first-order valence-corrected chi connectivity index (χ1v) is 9.16. The number of carboxylic acid groups (broad SMARTS) is 1. The first-order chi connectivity index (χ1) is 16.4. The summed E-state index contributed by atoms with van der Waals surface area (Å²) in [5, 5.41) is 49.1. The molecule has 1 atom stereocenters. The number of nitrogens with zero attached hydrogens (tertiary/aromatic N) is 5. The number of aromatic nitrogens is 2. The zero-order valence-corrected chi connectivity index (χ0v) is 17.5. The summed E-state index contributed by atoms with van der Waals surface area (Å²) in [4.78, 5) is 54.8. The van der Waals surface area contributed by atoms with Gasteiger partial charge in [-0.3, -0.25) is 45.3 Å². The van der Waals surface area contributed by atoms with Gasteiger partial charge in [-0.2, -0.15) is 0 Å². The molecule has 3 aromatic rings. The van der Waals surface area contributed by atoms with Crippen LogP contribution in [0.2, 0.25) is 0 Å². The van der Waals surface area contributed by atoms with Gasteiger partial charge in [0.15, 0.2) is 0 Å². The van der Waals surface area contributed by atoms with Crippen molar-refractivity contribution >= 4 is 28.7 Å². The van der Waals surface area contributed by atoms with Gasteiger partial charge in [0.25, 0.3) is 22.7 Å². The molecule has 184 valence electrons. The van der Waals surface area contributed by atoms with Gasteiger partial charge in [-0.1, -0.05) is 0 Å². The Hall–Kier alpha value is -5.32. The molecule has 17 heteroatoms. The Labute approximate surface area is 194 Å². The molecule has 0 radical (unpaired) electrons. The molecule has 17 nitrogen and oxygen atoms in total. The number of carbonyl (C=O) groups is 1. The molecule has 0 aliphatic rings. The molecule has 0 saturated heterocycles. The average molecular weight is 491 g/mol. The SMILES string of the molecule is NC(Cc1c[nH]cn1)C(=O)O.O=[N+]([O-])c1cccc([N+](=O)[O-])c1.O=[N+]([O-])c1cccc([N+](=O)[O-])c1. The number of non-ortho nitro benzene ring substituents is 4. The van der Waals surface area contributed by atoms with E-state index in [4.69, 9.17) is 10.8 Å². The van der Waals surface area contributed by atoms with Crippen LogP contribution in [0.25, 0.3) is 0 Å². The van der Waals surface area contributed by atoms with Crippen molar-refractivity contribution in [3.63, 3.8) is 0 Å². The van der Waals surface area contributed by atoms with Gasteiger partial charge in [0.1, 0.15) is 6.04 Å². The summed E-state index contributed by atoms with van der Waals surface area (Å²) in [7, 11) is 0. The van der Waals surface area contributed by atoms with Gasteiger partial charge in [0.2, 0.25) is 0 Å². The summed E-state index contributed by atoms with van der Waals surface area (Å²) in [6.07, 6.45) is 3.38. The summed E-state index contributed by atoms with van der Waals surface area (Å²) in [5.41, 5.74) is 4.83. The van der Waals surface area contributed by atoms with E-state index in [1.54, 1.807) is 6.20 Å². The summed E-state index contributed by atoms with van der Waals surface area (Å²) < 4.78 is 0. The van der Waals surface area contributed by atoms with Crippen LogP contribution in [0.3, 0.4) is 0 Å². The second-order valence-electron chi connectivity index (χ2n) is 6.28. The highest BCUT2D eigenvalue weighted by Gasteiger charge is 2.13. The molecule has 2 aromatic carbocycles. The maximum Gasteiger partial charge on any atom is 0.320 e. The maximum absolute atomic E-state index is 10.3. The van der Waals surface area contributed by atoms with Crippen LogP contribution in [0.5, 0.6) is 0 Å². The van der Waals surface area contributed by atoms with Crippen LogP contribution in [-0.2, 0) is 11.2 Å². The summed E-state index contributed by atoms with van der Waals surface area (Å²) in [5.74, 6) is -1.01. The largest absolute Gasteiger partial charge is 0.480 e. The number of aromatic amines is 1. The van der Waals surface area contributed by atoms with Crippen molar-refractivity contribution in [3.8, 4) is 0 Å². The zero-order valence-electron chi connectivity index (χ0n) is 17.5. The van der Waals surface area contributed by atoms with E-state index in [2.05, 4.69) is 9.97 Å². The van der Waals surface area contributed by atoms with Crippen LogP contribution < -0.4 is 5.73 Å². The first kappa shape index (κ1) is 27.7. The molecule has 0 aliphatic carbocycles. The van der Waals surface area contributed by atoms with Crippen molar-refractivity contribution < 1.29 is 29.6 Å². The fourth-order valence-electron chi connectivity index (χ4n) is 2.16. The third kappa shape index (κ3) is 9.78. The fourth-order valence-corrected chi connectivity index (χ4v) is 2.16. The average Bonchev–Trinajstić information content (AvgIpc) is 3.33. The number of hydrogen-bond acceptors (Lipinski definition) is 11. The number of nitro benzene ring substituents is 4. The third-order valence-corrected chi connectivity index (χ3v) is 3.80. The number of imidazole rings is 1. The predicted molar refractivity (Wildman–Crippen MR) is 117 cm³/mol. The number of H-pyrrole nitrogens is 1. The summed E-state index contributed by atoms with van der Waals surface area (Å²) >= 11 is 0. The lowest BCUT2D eigenvalue weighted by atomic mass is 10.2. The number of carboxylic acids is 1. The minimum atomic E-state index is -1.01. The van der Waals surface area contributed by atoms with Crippen LogP contribution in [-0.4, -0.2) is 46.8 Å². The predicted octanol–water partition coefficient (Wildman–Crippen LogP) is 2.37. The topological polar surface area (TPSA) is 265 Å². The molecule has 0 fully saturated rings. The molecule has 1 heterocycles. The van der Waals surface area contributed by atoms with Crippen molar-refractivity contribution in [1.82, 2.24) is 9.97 Å². The second kappa shape index (κ2) is 13.3. The van der Waals surface area contributed by atoms with Crippen LogP contribution in [0, 0.1) is 40.5 Å². The number of rotatable bonds is 7. The summed E-state index contributed by atoms with van der Waals surface area (Å²) in [6, 6.07) is 8.32. The number of nitro groups is 4. The monoisotopic (exact) mass is 491 g/mol. The molecular weight excluding hydrogens is 474 g/mol. The van der Waals surface area contributed by atoms with Gasteiger partial charge in [-0.15, -0.1) is 0 Å². The van der Waals surface area contributed by atoms with E-state index in [0.29, 0.717) is 5.69 Å². The van der Waals surface area contributed by atoms with Crippen molar-refractivity contribution in [2.24, 2.45) is 5.73 Å². The lowest BCUT2D eigenvalue weighted by Gasteiger charge is -2.01. The van der Waals surface area contributed by atoms with E-state index in [0.717, 1.165) is 12.1 Å². The Kier molecular flexibility index (Phi) is 10.5. The van der Waals surface area contributed by atoms with Crippen LogP contribution in [0.15, 0.2) is 61.1 Å². The molecule has 0 amide bonds. The molecule has 3 rings (SSSR count). The van der Waals surface area contributed by atoms with E-state index in [-0.39, 0.29) is 29.2 Å².